The number of hydrogen-bond donors (Lipinski definition) is 0. The summed E-state index contributed by atoms with van der Waals surface area (Å²) in [7, 11) is 0. The van der Waals surface area contributed by atoms with E-state index in [1.807, 2.05) is 43.3 Å². The topological polar surface area (TPSA) is 88.1 Å². The molecule has 0 aromatic heterocycles. The zero-order valence-electron chi connectivity index (χ0n) is 26.3. The van der Waals surface area contributed by atoms with Gasteiger partial charge in [-0.2, -0.15) is 13.2 Å². The van der Waals surface area contributed by atoms with Crippen LogP contribution in [0.3, 0.4) is 0 Å². The van der Waals surface area contributed by atoms with Crippen molar-refractivity contribution in [2.45, 2.75) is 83.9 Å². The summed E-state index contributed by atoms with van der Waals surface area (Å²) in [5.41, 5.74) is 2.56. The molecule has 0 fully saturated rings. The van der Waals surface area contributed by atoms with E-state index in [-0.39, 0.29) is 12.7 Å². The van der Waals surface area contributed by atoms with E-state index >= 15 is 0 Å². The standard InChI is InChI=1S/C36H41F3O7/c1-3-4-5-6-9-26(2)45-34(41)30-16-20-32(21-17-30)46-35(42)29-12-10-27(11-13-29)28-14-18-31(19-15-28)43-24-7-8-25-44-33(40)22-23-36(37,38)39/h10-21,26H,3-9,22-25H2,1-2H3/t26-/m0/s1. The van der Waals surface area contributed by atoms with Crippen LogP contribution in [0, 0.1) is 0 Å². The summed E-state index contributed by atoms with van der Waals surface area (Å²) >= 11 is 0. The van der Waals surface area contributed by atoms with Crippen LogP contribution < -0.4 is 9.47 Å². The van der Waals surface area contributed by atoms with E-state index in [0.29, 0.717) is 42.1 Å². The van der Waals surface area contributed by atoms with Gasteiger partial charge >= 0.3 is 24.1 Å². The number of carbonyl (C=O) groups is 3. The molecule has 0 aliphatic carbocycles. The molecule has 0 unspecified atom stereocenters. The molecule has 0 radical (unpaired) electrons. The minimum Gasteiger partial charge on any atom is -0.494 e. The third kappa shape index (κ3) is 13.3. The molecule has 0 aliphatic rings. The summed E-state index contributed by atoms with van der Waals surface area (Å²) in [6, 6.07) is 20.6. The van der Waals surface area contributed by atoms with Gasteiger partial charge in [0.05, 0.1) is 43.3 Å². The summed E-state index contributed by atoms with van der Waals surface area (Å²) in [6.45, 7) is 4.45. The SMILES string of the molecule is CCCCCC[C@H](C)OC(=O)c1ccc(OC(=O)c2ccc(-c3ccc(OCCCCOC(=O)CCC(F)(F)F)cc3)cc2)cc1. The Kier molecular flexibility index (Phi) is 14.6. The van der Waals surface area contributed by atoms with Crippen molar-refractivity contribution in [2.75, 3.05) is 13.2 Å². The van der Waals surface area contributed by atoms with Crippen molar-refractivity contribution in [2.24, 2.45) is 0 Å². The Balaban J connectivity index is 1.39. The summed E-state index contributed by atoms with van der Waals surface area (Å²) in [4.78, 5) is 36.4. The van der Waals surface area contributed by atoms with Crippen molar-refractivity contribution in [1.29, 1.82) is 0 Å². The van der Waals surface area contributed by atoms with Crippen molar-refractivity contribution in [3.8, 4) is 22.6 Å². The lowest BCUT2D eigenvalue weighted by atomic mass is 10.0. The van der Waals surface area contributed by atoms with Crippen LogP contribution in [-0.4, -0.2) is 43.4 Å². The maximum Gasteiger partial charge on any atom is 0.389 e. The predicted octanol–water partition coefficient (Wildman–Crippen LogP) is 9.13. The molecule has 0 heterocycles. The minimum absolute atomic E-state index is 0.0456. The number of benzene rings is 3. The Bertz CT molecular complexity index is 1370. The average molecular weight is 643 g/mol. The van der Waals surface area contributed by atoms with Crippen LogP contribution in [0.2, 0.25) is 0 Å². The van der Waals surface area contributed by atoms with Crippen LogP contribution in [0.15, 0.2) is 72.8 Å². The van der Waals surface area contributed by atoms with Crippen molar-refractivity contribution in [1.82, 2.24) is 0 Å². The normalized spacial score (nSPS) is 11.8. The second kappa shape index (κ2) is 18.6. The van der Waals surface area contributed by atoms with Gasteiger partial charge in [-0.15, -0.1) is 0 Å². The first kappa shape index (κ1) is 36.1. The van der Waals surface area contributed by atoms with Crippen LogP contribution in [0.5, 0.6) is 11.5 Å². The molecular weight excluding hydrogens is 601 g/mol. The van der Waals surface area contributed by atoms with Crippen LogP contribution in [0.1, 0.15) is 92.4 Å². The Morgan fingerprint density at radius 2 is 1.26 bits per heavy atom. The molecule has 0 bridgehead atoms. The molecule has 0 N–H and O–H groups in total. The van der Waals surface area contributed by atoms with Crippen LogP contribution >= 0.6 is 0 Å². The second-order valence-electron chi connectivity index (χ2n) is 11.0. The van der Waals surface area contributed by atoms with Crippen LogP contribution in [0.25, 0.3) is 11.1 Å². The molecule has 7 nitrogen and oxygen atoms in total. The van der Waals surface area contributed by atoms with Crippen molar-refractivity contribution in [3.05, 3.63) is 83.9 Å². The number of esters is 3. The van der Waals surface area contributed by atoms with E-state index in [0.717, 1.165) is 36.8 Å². The summed E-state index contributed by atoms with van der Waals surface area (Å²) < 4.78 is 57.9. The first-order chi connectivity index (χ1) is 22.0. The average Bonchev–Trinajstić information content (AvgIpc) is 3.04. The van der Waals surface area contributed by atoms with E-state index in [2.05, 4.69) is 6.92 Å². The van der Waals surface area contributed by atoms with Gasteiger partial charge in [0.15, 0.2) is 0 Å². The minimum atomic E-state index is -4.37. The monoisotopic (exact) mass is 642 g/mol. The predicted molar refractivity (Wildman–Crippen MR) is 168 cm³/mol. The molecule has 10 heteroatoms. The highest BCUT2D eigenvalue weighted by Gasteiger charge is 2.28. The molecule has 46 heavy (non-hydrogen) atoms. The Morgan fingerprint density at radius 1 is 0.696 bits per heavy atom. The number of carbonyl (C=O) groups excluding carboxylic acids is 3. The van der Waals surface area contributed by atoms with Gasteiger partial charge in [0.1, 0.15) is 11.5 Å². The highest BCUT2D eigenvalue weighted by molar-refractivity contribution is 5.92. The zero-order valence-corrected chi connectivity index (χ0v) is 26.3. The van der Waals surface area contributed by atoms with Gasteiger partial charge in [-0.3, -0.25) is 4.79 Å². The smallest absolute Gasteiger partial charge is 0.389 e. The van der Waals surface area contributed by atoms with E-state index < -0.39 is 36.9 Å². The van der Waals surface area contributed by atoms with Gasteiger partial charge in [-0.05, 0) is 92.3 Å². The first-order valence-corrected chi connectivity index (χ1v) is 15.6. The fourth-order valence-corrected chi connectivity index (χ4v) is 4.43. The molecule has 0 aliphatic heterocycles. The molecule has 3 aromatic rings. The highest BCUT2D eigenvalue weighted by atomic mass is 19.4. The first-order valence-electron chi connectivity index (χ1n) is 15.6. The summed E-state index contributed by atoms with van der Waals surface area (Å²) in [5.74, 6) is -0.832. The number of unbranched alkanes of at least 4 members (excludes halogenated alkanes) is 4. The van der Waals surface area contributed by atoms with Gasteiger partial charge in [-0.1, -0.05) is 50.5 Å². The molecular formula is C36H41F3O7. The maximum absolute atomic E-state index is 12.7. The fraction of sp³-hybridized carbons (Fsp3) is 0.417. The number of halogens is 3. The lowest BCUT2D eigenvalue weighted by Gasteiger charge is -2.13. The maximum atomic E-state index is 12.7. The third-order valence-corrected chi connectivity index (χ3v) is 7.06. The van der Waals surface area contributed by atoms with E-state index in [1.165, 1.54) is 6.42 Å². The van der Waals surface area contributed by atoms with E-state index in [1.54, 1.807) is 36.4 Å². The van der Waals surface area contributed by atoms with E-state index in [4.69, 9.17) is 18.9 Å². The van der Waals surface area contributed by atoms with Gasteiger partial charge in [-0.25, -0.2) is 9.59 Å². The van der Waals surface area contributed by atoms with Crippen molar-refractivity contribution < 1.29 is 46.5 Å². The van der Waals surface area contributed by atoms with Crippen LogP contribution in [0.4, 0.5) is 13.2 Å². The van der Waals surface area contributed by atoms with Gasteiger partial charge < -0.3 is 18.9 Å². The Labute approximate surface area is 268 Å². The number of ether oxygens (including phenoxy) is 4. The molecule has 3 aromatic carbocycles. The van der Waals surface area contributed by atoms with Gasteiger partial charge in [0.25, 0.3) is 0 Å². The Morgan fingerprint density at radius 3 is 1.89 bits per heavy atom. The number of alkyl halides is 3. The lowest BCUT2D eigenvalue weighted by molar-refractivity contribution is -0.157. The number of rotatable bonds is 18. The van der Waals surface area contributed by atoms with E-state index in [9.17, 15) is 27.6 Å². The molecule has 0 saturated heterocycles. The molecule has 0 saturated carbocycles. The van der Waals surface area contributed by atoms with Gasteiger partial charge in [0, 0.05) is 0 Å². The van der Waals surface area contributed by atoms with Crippen LogP contribution in [-0.2, 0) is 14.3 Å². The number of hydrogen-bond acceptors (Lipinski definition) is 7. The quantitative estimate of drug-likeness (QED) is 0.0777. The van der Waals surface area contributed by atoms with Gasteiger partial charge in [0.2, 0.25) is 0 Å². The zero-order chi connectivity index (χ0) is 33.4. The van der Waals surface area contributed by atoms with Crippen molar-refractivity contribution >= 4 is 17.9 Å². The molecule has 3 rings (SSSR count). The summed E-state index contributed by atoms with van der Waals surface area (Å²) in [5, 5.41) is 0. The fourth-order valence-electron chi connectivity index (χ4n) is 4.43. The second-order valence-corrected chi connectivity index (χ2v) is 11.0. The lowest BCUT2D eigenvalue weighted by Crippen LogP contribution is -2.15. The molecule has 248 valence electrons. The highest BCUT2D eigenvalue weighted by Crippen LogP contribution is 2.24. The molecule has 1 atom stereocenters. The summed E-state index contributed by atoms with van der Waals surface area (Å²) in [6.07, 6.45) is -0.0417. The largest absolute Gasteiger partial charge is 0.494 e. The Hall–Kier alpha value is -4.34. The van der Waals surface area contributed by atoms with Crippen molar-refractivity contribution in [3.63, 3.8) is 0 Å². The molecule has 0 spiro atoms. The molecule has 0 amide bonds. The third-order valence-electron chi connectivity index (χ3n) is 7.06.